The molecule has 29 heavy (non-hydrogen) atoms. The van der Waals surface area contributed by atoms with Crippen molar-refractivity contribution >= 4 is 35.5 Å². The van der Waals surface area contributed by atoms with Crippen LogP contribution in [0, 0.1) is 10.1 Å². The highest BCUT2D eigenvalue weighted by Gasteiger charge is 2.14. The van der Waals surface area contributed by atoms with E-state index in [1.807, 2.05) is 25.1 Å². The lowest BCUT2D eigenvalue weighted by molar-refractivity contribution is -0.384. The normalized spacial score (nSPS) is 11.5. The topological polar surface area (TPSA) is 114 Å². The minimum atomic E-state index is -0.984. The molecule has 2 aromatic carbocycles. The lowest BCUT2D eigenvalue weighted by Crippen LogP contribution is -2.32. The summed E-state index contributed by atoms with van der Waals surface area (Å²) in [5.41, 5.74) is 5.09. The molecule has 0 saturated heterocycles. The first-order valence-electron chi connectivity index (χ1n) is 8.93. The summed E-state index contributed by atoms with van der Waals surface area (Å²) in [6.07, 6.45) is 3.32. The Bertz CT molecular complexity index is 963. The zero-order valence-corrected chi connectivity index (χ0v) is 16.4. The molecule has 0 bridgehead atoms. The van der Waals surface area contributed by atoms with E-state index in [4.69, 9.17) is 0 Å². The maximum Gasteiger partial charge on any atom is 0.329 e. The standard InChI is InChI=1S/C21H22N4O4/c1-14(2)17-9-7-16(8-10-17)11-15(3)13-22-24-21(27)20(26)23-18-5-4-6-19(12-18)25(28)29/h4-14H,1-3H3,(H,23,26)(H,24,27)/b15-11+,22-13?. The van der Waals surface area contributed by atoms with Gasteiger partial charge in [-0.1, -0.05) is 50.3 Å². The van der Waals surface area contributed by atoms with Crippen molar-refractivity contribution in [3.05, 3.63) is 75.3 Å². The number of carbonyl (C=O) groups excluding carboxylic acids is 2. The number of carbonyl (C=O) groups is 2. The van der Waals surface area contributed by atoms with Crippen LogP contribution in [0.25, 0.3) is 6.08 Å². The van der Waals surface area contributed by atoms with Gasteiger partial charge in [0.2, 0.25) is 0 Å². The van der Waals surface area contributed by atoms with Crippen molar-refractivity contribution in [2.24, 2.45) is 5.10 Å². The summed E-state index contributed by atoms with van der Waals surface area (Å²) in [6, 6.07) is 13.4. The number of nitrogens with zero attached hydrogens (tertiary/aromatic N) is 2. The Kier molecular flexibility index (Phi) is 7.36. The number of rotatable bonds is 6. The summed E-state index contributed by atoms with van der Waals surface area (Å²) < 4.78 is 0. The molecule has 0 saturated carbocycles. The van der Waals surface area contributed by atoms with E-state index in [0.717, 1.165) is 17.2 Å². The molecule has 0 aromatic heterocycles. The number of allylic oxidation sites excluding steroid dienone is 1. The molecule has 0 radical (unpaired) electrons. The third-order valence-corrected chi connectivity index (χ3v) is 3.95. The minimum absolute atomic E-state index is 0.143. The van der Waals surface area contributed by atoms with Crippen LogP contribution in [0.4, 0.5) is 11.4 Å². The average molecular weight is 394 g/mol. The molecule has 2 N–H and O–H groups in total. The fraction of sp³-hybridized carbons (Fsp3) is 0.190. The van der Waals surface area contributed by atoms with Crippen molar-refractivity contribution in [2.75, 3.05) is 5.32 Å². The lowest BCUT2D eigenvalue weighted by Gasteiger charge is -2.05. The molecule has 0 fully saturated rings. The van der Waals surface area contributed by atoms with Crippen LogP contribution in [-0.4, -0.2) is 23.0 Å². The SMILES string of the molecule is C/C(C=NNC(=O)C(=O)Nc1cccc([N+](=O)[O-])c1)=C\c1ccc(C(C)C)cc1. The van der Waals surface area contributed by atoms with Gasteiger partial charge >= 0.3 is 11.8 Å². The Morgan fingerprint density at radius 2 is 1.79 bits per heavy atom. The summed E-state index contributed by atoms with van der Waals surface area (Å²) in [4.78, 5) is 33.8. The zero-order valence-electron chi connectivity index (χ0n) is 16.4. The van der Waals surface area contributed by atoms with Crippen LogP contribution in [0.1, 0.15) is 37.8 Å². The maximum atomic E-state index is 11.9. The van der Waals surface area contributed by atoms with E-state index in [9.17, 15) is 19.7 Å². The molecule has 2 rings (SSSR count). The average Bonchev–Trinajstić information content (AvgIpc) is 2.68. The van der Waals surface area contributed by atoms with Gasteiger partial charge in [-0.3, -0.25) is 19.7 Å². The Hall–Kier alpha value is -3.81. The van der Waals surface area contributed by atoms with Crippen molar-refractivity contribution in [1.82, 2.24) is 5.43 Å². The Labute approximate surface area is 168 Å². The Morgan fingerprint density at radius 1 is 1.10 bits per heavy atom. The highest BCUT2D eigenvalue weighted by atomic mass is 16.6. The number of nitro groups is 1. The van der Waals surface area contributed by atoms with Crippen LogP contribution in [0.5, 0.6) is 0 Å². The smallest absolute Gasteiger partial charge is 0.317 e. The number of hydrogen-bond acceptors (Lipinski definition) is 5. The van der Waals surface area contributed by atoms with Crippen LogP contribution in [0.15, 0.2) is 59.2 Å². The second-order valence-corrected chi connectivity index (χ2v) is 6.67. The lowest BCUT2D eigenvalue weighted by atomic mass is 10.0. The molecule has 150 valence electrons. The first-order chi connectivity index (χ1) is 13.8. The maximum absolute atomic E-state index is 11.9. The molecule has 0 spiro atoms. The van der Waals surface area contributed by atoms with Gasteiger partial charge in [-0.15, -0.1) is 0 Å². The summed E-state index contributed by atoms with van der Waals surface area (Å²) in [5, 5.41) is 16.8. The van der Waals surface area contributed by atoms with Crippen LogP contribution in [0.3, 0.4) is 0 Å². The first kappa shape index (κ1) is 21.5. The predicted molar refractivity (Wildman–Crippen MR) is 113 cm³/mol. The molecule has 0 atom stereocenters. The number of hydrogen-bond donors (Lipinski definition) is 2. The van der Waals surface area contributed by atoms with Crippen molar-refractivity contribution in [1.29, 1.82) is 0 Å². The molecule has 0 heterocycles. The van der Waals surface area contributed by atoms with E-state index in [2.05, 4.69) is 41.8 Å². The number of anilines is 1. The second-order valence-electron chi connectivity index (χ2n) is 6.67. The number of nitrogens with one attached hydrogen (secondary N) is 2. The second kappa shape index (κ2) is 9.93. The number of hydrazone groups is 1. The molecule has 8 nitrogen and oxygen atoms in total. The quantitative estimate of drug-likeness (QED) is 0.335. The van der Waals surface area contributed by atoms with Gasteiger partial charge in [-0.05, 0) is 35.6 Å². The number of benzene rings is 2. The Morgan fingerprint density at radius 3 is 2.41 bits per heavy atom. The van der Waals surface area contributed by atoms with E-state index < -0.39 is 16.7 Å². The molecule has 0 aliphatic heterocycles. The zero-order chi connectivity index (χ0) is 21.4. The third kappa shape index (κ3) is 6.69. The van der Waals surface area contributed by atoms with E-state index in [-0.39, 0.29) is 11.4 Å². The van der Waals surface area contributed by atoms with Gasteiger partial charge < -0.3 is 5.32 Å². The van der Waals surface area contributed by atoms with Crippen molar-refractivity contribution in [3.63, 3.8) is 0 Å². The predicted octanol–water partition coefficient (Wildman–Crippen LogP) is 3.86. The molecule has 0 unspecified atom stereocenters. The highest BCUT2D eigenvalue weighted by Crippen LogP contribution is 2.17. The van der Waals surface area contributed by atoms with Crippen molar-refractivity contribution in [2.45, 2.75) is 26.7 Å². The Balaban J connectivity index is 1.91. The van der Waals surface area contributed by atoms with Gasteiger partial charge in [0, 0.05) is 17.8 Å². The number of amides is 2. The summed E-state index contributed by atoms with van der Waals surface area (Å²) >= 11 is 0. The van der Waals surface area contributed by atoms with E-state index in [1.54, 1.807) is 0 Å². The van der Waals surface area contributed by atoms with Gasteiger partial charge in [-0.2, -0.15) is 5.10 Å². The third-order valence-electron chi connectivity index (χ3n) is 3.95. The van der Waals surface area contributed by atoms with Crippen LogP contribution in [0.2, 0.25) is 0 Å². The van der Waals surface area contributed by atoms with Gasteiger partial charge in [0.15, 0.2) is 0 Å². The first-order valence-corrected chi connectivity index (χ1v) is 8.93. The number of non-ortho nitro benzene ring substituents is 1. The fourth-order valence-corrected chi connectivity index (χ4v) is 2.41. The van der Waals surface area contributed by atoms with Gasteiger partial charge in [0.25, 0.3) is 5.69 Å². The largest absolute Gasteiger partial charge is 0.329 e. The van der Waals surface area contributed by atoms with Crippen molar-refractivity contribution in [3.8, 4) is 0 Å². The van der Waals surface area contributed by atoms with Gasteiger partial charge in [0.1, 0.15) is 0 Å². The van der Waals surface area contributed by atoms with Crippen LogP contribution >= 0.6 is 0 Å². The van der Waals surface area contributed by atoms with Gasteiger partial charge in [-0.25, -0.2) is 5.43 Å². The summed E-state index contributed by atoms with van der Waals surface area (Å²) in [6.45, 7) is 6.07. The van der Waals surface area contributed by atoms with E-state index in [1.165, 1.54) is 30.0 Å². The molecular weight excluding hydrogens is 372 g/mol. The highest BCUT2D eigenvalue weighted by molar-refractivity contribution is 6.39. The molecule has 8 heteroatoms. The summed E-state index contributed by atoms with van der Waals surface area (Å²) in [5.74, 6) is -1.51. The molecule has 2 amide bonds. The molecular formula is C21H22N4O4. The molecule has 2 aromatic rings. The van der Waals surface area contributed by atoms with Crippen LogP contribution < -0.4 is 10.7 Å². The van der Waals surface area contributed by atoms with E-state index >= 15 is 0 Å². The number of nitro benzene ring substituents is 1. The van der Waals surface area contributed by atoms with Crippen molar-refractivity contribution < 1.29 is 14.5 Å². The monoisotopic (exact) mass is 394 g/mol. The van der Waals surface area contributed by atoms with Gasteiger partial charge in [0.05, 0.1) is 11.1 Å². The minimum Gasteiger partial charge on any atom is -0.317 e. The molecule has 0 aliphatic carbocycles. The van der Waals surface area contributed by atoms with E-state index in [0.29, 0.717) is 5.92 Å². The van der Waals surface area contributed by atoms with Crippen LogP contribution in [-0.2, 0) is 9.59 Å². The molecule has 0 aliphatic rings. The summed E-state index contributed by atoms with van der Waals surface area (Å²) in [7, 11) is 0. The fourth-order valence-electron chi connectivity index (χ4n) is 2.41.